The Balaban J connectivity index is 1.91. The van der Waals surface area contributed by atoms with Gasteiger partial charge in [0.25, 0.3) is 11.8 Å². The minimum Gasteiger partial charge on any atom is -0.377 e. The highest BCUT2D eigenvalue weighted by atomic mass is 16.5. The minimum absolute atomic E-state index is 0.0524. The predicted molar refractivity (Wildman–Crippen MR) is 77.2 cm³/mol. The molecule has 1 saturated heterocycles. The van der Waals surface area contributed by atoms with E-state index >= 15 is 0 Å². The third-order valence-corrected chi connectivity index (χ3v) is 3.73. The molecule has 1 aliphatic rings. The monoisotopic (exact) mass is 302 g/mol. The predicted octanol–water partition coefficient (Wildman–Crippen LogP) is 1.55. The van der Waals surface area contributed by atoms with Crippen LogP contribution in [-0.4, -0.2) is 45.7 Å². The molecule has 1 aliphatic heterocycles. The first-order valence-corrected chi connectivity index (χ1v) is 7.32. The Morgan fingerprint density at radius 2 is 2.36 bits per heavy atom. The van der Waals surface area contributed by atoms with Crippen LogP contribution >= 0.6 is 0 Å². The molecule has 1 amide bonds. The lowest BCUT2D eigenvalue weighted by Gasteiger charge is -2.33. The average Bonchev–Trinajstić information content (AvgIpc) is 3.00. The molecule has 22 heavy (non-hydrogen) atoms. The van der Waals surface area contributed by atoms with Crippen LogP contribution in [0.4, 0.5) is 0 Å². The fraction of sp³-hybridized carbons (Fsp3) is 0.467. The van der Waals surface area contributed by atoms with E-state index in [1.807, 2.05) is 6.92 Å². The number of amides is 1. The lowest BCUT2D eigenvalue weighted by atomic mass is 10.1. The van der Waals surface area contributed by atoms with E-state index in [-0.39, 0.29) is 11.9 Å². The molecule has 0 saturated carbocycles. The van der Waals surface area contributed by atoms with Gasteiger partial charge in [0.2, 0.25) is 0 Å². The van der Waals surface area contributed by atoms with Gasteiger partial charge in [-0.3, -0.25) is 9.78 Å². The quantitative estimate of drug-likeness (QED) is 0.855. The van der Waals surface area contributed by atoms with Crippen LogP contribution in [0.5, 0.6) is 0 Å². The van der Waals surface area contributed by atoms with Crippen LogP contribution < -0.4 is 0 Å². The van der Waals surface area contributed by atoms with Crippen molar-refractivity contribution in [3.05, 3.63) is 41.3 Å². The molecule has 116 valence electrons. The van der Waals surface area contributed by atoms with Crippen LogP contribution in [-0.2, 0) is 11.2 Å². The molecular weight excluding hydrogens is 284 g/mol. The van der Waals surface area contributed by atoms with Crippen molar-refractivity contribution < 1.29 is 14.1 Å². The molecular formula is C15H18N4O3. The zero-order valence-electron chi connectivity index (χ0n) is 12.7. The van der Waals surface area contributed by atoms with Crippen LogP contribution in [0.25, 0.3) is 0 Å². The molecule has 3 heterocycles. The van der Waals surface area contributed by atoms with Gasteiger partial charge in [-0.2, -0.15) is 4.98 Å². The summed E-state index contributed by atoms with van der Waals surface area (Å²) in [7, 11) is 0. The van der Waals surface area contributed by atoms with Crippen molar-refractivity contribution >= 4 is 5.91 Å². The Morgan fingerprint density at radius 3 is 3.09 bits per heavy atom. The molecule has 3 rings (SSSR count). The standard InChI is InChI=1S/C15H18N4O3/c1-3-11-8-16-5-4-12(11)15(20)19-6-7-21-9-13(19)14-17-10(2)18-22-14/h4-5,8,13H,3,6-7,9H2,1-2H3/t13-/m1/s1. The van der Waals surface area contributed by atoms with Crippen molar-refractivity contribution in [1.29, 1.82) is 0 Å². The maximum Gasteiger partial charge on any atom is 0.255 e. The van der Waals surface area contributed by atoms with Gasteiger partial charge in [-0.1, -0.05) is 12.1 Å². The van der Waals surface area contributed by atoms with Gasteiger partial charge in [-0.05, 0) is 25.0 Å². The minimum atomic E-state index is -0.347. The number of rotatable bonds is 3. The van der Waals surface area contributed by atoms with E-state index in [1.54, 1.807) is 30.3 Å². The van der Waals surface area contributed by atoms with E-state index in [2.05, 4.69) is 15.1 Å². The molecule has 1 fully saturated rings. The van der Waals surface area contributed by atoms with E-state index in [9.17, 15) is 4.79 Å². The Kier molecular flexibility index (Phi) is 4.15. The van der Waals surface area contributed by atoms with Gasteiger partial charge in [0.1, 0.15) is 6.04 Å². The van der Waals surface area contributed by atoms with Gasteiger partial charge in [0.05, 0.1) is 13.2 Å². The molecule has 7 nitrogen and oxygen atoms in total. The maximum absolute atomic E-state index is 12.9. The third kappa shape index (κ3) is 2.71. The fourth-order valence-electron chi connectivity index (χ4n) is 2.57. The van der Waals surface area contributed by atoms with Crippen LogP contribution in [0.15, 0.2) is 23.0 Å². The SMILES string of the molecule is CCc1cnccc1C(=O)N1CCOC[C@@H]1c1nc(C)no1. The molecule has 0 aliphatic carbocycles. The largest absolute Gasteiger partial charge is 0.377 e. The van der Waals surface area contributed by atoms with Crippen molar-refractivity contribution in [3.8, 4) is 0 Å². The molecule has 0 aromatic carbocycles. The first-order chi connectivity index (χ1) is 10.7. The van der Waals surface area contributed by atoms with Gasteiger partial charge in [-0.15, -0.1) is 0 Å². The van der Waals surface area contributed by atoms with E-state index in [4.69, 9.17) is 9.26 Å². The molecule has 2 aromatic rings. The smallest absolute Gasteiger partial charge is 0.255 e. The van der Waals surface area contributed by atoms with Crippen LogP contribution in [0.3, 0.4) is 0 Å². The molecule has 0 bridgehead atoms. The molecule has 1 atom stereocenters. The first-order valence-electron chi connectivity index (χ1n) is 7.32. The Morgan fingerprint density at radius 1 is 1.50 bits per heavy atom. The Labute approximate surface area is 128 Å². The summed E-state index contributed by atoms with van der Waals surface area (Å²) < 4.78 is 10.7. The number of hydrogen-bond acceptors (Lipinski definition) is 6. The van der Waals surface area contributed by atoms with Crippen molar-refractivity contribution in [1.82, 2.24) is 20.0 Å². The summed E-state index contributed by atoms with van der Waals surface area (Å²) in [5.74, 6) is 0.909. The Bertz CT molecular complexity index is 670. The summed E-state index contributed by atoms with van der Waals surface area (Å²) in [5.41, 5.74) is 1.60. The number of carbonyl (C=O) groups excluding carboxylic acids is 1. The van der Waals surface area contributed by atoms with E-state index in [0.29, 0.717) is 37.0 Å². The number of nitrogens with zero attached hydrogens (tertiary/aromatic N) is 4. The Hall–Kier alpha value is -2.28. The van der Waals surface area contributed by atoms with E-state index < -0.39 is 0 Å². The summed E-state index contributed by atoms with van der Waals surface area (Å²) in [6.45, 7) is 5.12. The topological polar surface area (TPSA) is 81.4 Å². The first kappa shape index (κ1) is 14.6. The summed E-state index contributed by atoms with van der Waals surface area (Å²) in [5, 5.41) is 3.80. The second kappa shape index (κ2) is 6.23. The molecule has 0 radical (unpaired) electrons. The van der Waals surface area contributed by atoms with Crippen molar-refractivity contribution in [2.45, 2.75) is 26.3 Å². The summed E-state index contributed by atoms with van der Waals surface area (Å²) in [4.78, 5) is 23.0. The molecule has 7 heteroatoms. The van der Waals surface area contributed by atoms with Crippen molar-refractivity contribution in [3.63, 3.8) is 0 Å². The number of ether oxygens (including phenoxy) is 1. The van der Waals surface area contributed by atoms with Gasteiger partial charge in [0.15, 0.2) is 5.82 Å². The van der Waals surface area contributed by atoms with Gasteiger partial charge < -0.3 is 14.2 Å². The van der Waals surface area contributed by atoms with Crippen molar-refractivity contribution in [2.75, 3.05) is 19.8 Å². The lowest BCUT2D eigenvalue weighted by molar-refractivity contribution is -0.0119. The molecule has 0 unspecified atom stereocenters. The van der Waals surface area contributed by atoms with E-state index in [1.165, 1.54) is 0 Å². The number of hydrogen-bond donors (Lipinski definition) is 0. The van der Waals surface area contributed by atoms with E-state index in [0.717, 1.165) is 12.0 Å². The number of aryl methyl sites for hydroxylation is 2. The van der Waals surface area contributed by atoms with Crippen LogP contribution in [0.1, 0.15) is 40.6 Å². The van der Waals surface area contributed by atoms with Crippen molar-refractivity contribution in [2.24, 2.45) is 0 Å². The molecule has 2 aromatic heterocycles. The summed E-state index contributed by atoms with van der Waals surface area (Å²) in [6.07, 6.45) is 4.13. The zero-order valence-corrected chi connectivity index (χ0v) is 12.7. The second-order valence-corrected chi connectivity index (χ2v) is 5.16. The summed E-state index contributed by atoms with van der Waals surface area (Å²) in [6, 6.07) is 1.41. The maximum atomic E-state index is 12.9. The highest BCUT2D eigenvalue weighted by Crippen LogP contribution is 2.25. The highest BCUT2D eigenvalue weighted by molar-refractivity contribution is 5.95. The zero-order chi connectivity index (χ0) is 15.5. The average molecular weight is 302 g/mol. The highest BCUT2D eigenvalue weighted by Gasteiger charge is 2.33. The number of carbonyl (C=O) groups is 1. The molecule has 0 N–H and O–H groups in total. The van der Waals surface area contributed by atoms with Gasteiger partial charge in [0, 0.05) is 24.5 Å². The number of aromatic nitrogens is 3. The number of pyridine rings is 1. The van der Waals surface area contributed by atoms with Crippen LogP contribution in [0.2, 0.25) is 0 Å². The summed E-state index contributed by atoms with van der Waals surface area (Å²) >= 11 is 0. The number of morpholine rings is 1. The van der Waals surface area contributed by atoms with Gasteiger partial charge >= 0.3 is 0 Å². The van der Waals surface area contributed by atoms with Crippen LogP contribution in [0, 0.1) is 6.92 Å². The normalized spacial score (nSPS) is 18.5. The fourth-order valence-corrected chi connectivity index (χ4v) is 2.57. The second-order valence-electron chi connectivity index (χ2n) is 5.16. The third-order valence-electron chi connectivity index (χ3n) is 3.73. The lowest BCUT2D eigenvalue weighted by Crippen LogP contribution is -2.43. The van der Waals surface area contributed by atoms with Gasteiger partial charge in [-0.25, -0.2) is 0 Å². The molecule has 0 spiro atoms.